The molecule has 0 aromatic carbocycles. The fourth-order valence-electron chi connectivity index (χ4n) is 0. The van der Waals surface area contributed by atoms with Gasteiger partial charge in [0.2, 0.25) is 0 Å². The SMILES string of the molecule is [Ba].[Ce].[Co].[Y]. The predicted molar refractivity (Wildman–Crippen MR) is 5.75 cm³/mol. The van der Waals surface area contributed by atoms with Gasteiger partial charge in [0, 0.05) is 140 Å². The second kappa shape index (κ2) is 15.6. The van der Waals surface area contributed by atoms with Crippen LogP contribution in [0.15, 0.2) is 0 Å². The van der Waals surface area contributed by atoms with Gasteiger partial charge < -0.3 is 0 Å². The fraction of sp³-hybridized carbons (Fsp3) is 0. The van der Waals surface area contributed by atoms with Crippen molar-refractivity contribution in [1.82, 2.24) is 0 Å². The summed E-state index contributed by atoms with van der Waals surface area (Å²) in [5.41, 5.74) is 0. The van der Waals surface area contributed by atoms with Crippen molar-refractivity contribution in [3.05, 3.63) is 0 Å². The molecule has 0 fully saturated rings. The third-order valence-corrected chi connectivity index (χ3v) is 0. The molecule has 18 valence electrons. The zero-order chi connectivity index (χ0) is 0. The summed E-state index contributed by atoms with van der Waals surface area (Å²) >= 11 is 0. The summed E-state index contributed by atoms with van der Waals surface area (Å²) in [7, 11) is 0. The van der Waals surface area contributed by atoms with Gasteiger partial charge in [-0.3, -0.25) is 0 Å². The Bertz CT molecular complexity index is 8.00. The molecule has 0 atom stereocenters. The average molecular weight is 425 g/mol. The number of hydrogen-bond acceptors (Lipinski definition) is 0. The molecule has 0 aliphatic heterocycles. The smallest absolute Gasteiger partial charge is 0 e. The Morgan fingerprint density at radius 3 is 1.00 bits per heavy atom. The molecule has 4 radical (unpaired) electrons. The molecule has 0 spiro atoms. The van der Waals surface area contributed by atoms with Crippen molar-refractivity contribution in [1.29, 1.82) is 0 Å². The normalized spacial score (nSPS) is 0. The van der Waals surface area contributed by atoms with Gasteiger partial charge in [0.25, 0.3) is 0 Å². The molecule has 0 aromatic rings. The summed E-state index contributed by atoms with van der Waals surface area (Å²) in [5.74, 6) is 0. The van der Waals surface area contributed by atoms with E-state index in [1.165, 1.54) is 0 Å². The van der Waals surface area contributed by atoms with Crippen molar-refractivity contribution in [2.24, 2.45) is 0 Å². The second-order valence-electron chi connectivity index (χ2n) is 0. The minimum atomic E-state index is 0. The first-order valence-electron chi connectivity index (χ1n) is 0. The van der Waals surface area contributed by atoms with Crippen LogP contribution in [0.25, 0.3) is 0 Å². The molecular weight excluding hydrogens is 425 g/mol. The van der Waals surface area contributed by atoms with E-state index in [1.807, 2.05) is 0 Å². The van der Waals surface area contributed by atoms with Crippen LogP contribution in [0.5, 0.6) is 0 Å². The molecule has 0 aliphatic rings. The van der Waals surface area contributed by atoms with E-state index in [4.69, 9.17) is 0 Å². The molecule has 0 aliphatic carbocycles. The van der Waals surface area contributed by atoms with Gasteiger partial charge in [-0.05, 0) is 0 Å². The Hall–Kier alpha value is 4.56. The van der Waals surface area contributed by atoms with Gasteiger partial charge in [-0.1, -0.05) is 0 Å². The van der Waals surface area contributed by atoms with Gasteiger partial charge in [-0.15, -0.1) is 0 Å². The maximum Gasteiger partial charge on any atom is 0 e. The molecule has 0 nitrogen and oxygen atoms in total. The van der Waals surface area contributed by atoms with Crippen LogP contribution in [0.1, 0.15) is 0 Å². The van der Waals surface area contributed by atoms with Gasteiger partial charge in [0.1, 0.15) is 0 Å². The summed E-state index contributed by atoms with van der Waals surface area (Å²) in [6, 6.07) is 0. The minimum Gasteiger partial charge on any atom is 0 e. The van der Waals surface area contributed by atoms with E-state index in [1.54, 1.807) is 0 Å². The third kappa shape index (κ3) is 9.75. The van der Waals surface area contributed by atoms with Gasteiger partial charge in [0.15, 0.2) is 0 Å². The topological polar surface area (TPSA) is 0 Å². The Morgan fingerprint density at radius 2 is 1.00 bits per heavy atom. The maximum absolute atomic E-state index is 0. The molecule has 0 saturated heterocycles. The van der Waals surface area contributed by atoms with Gasteiger partial charge >= 0.3 is 0 Å². The number of rotatable bonds is 0. The molecule has 0 amide bonds. The van der Waals surface area contributed by atoms with Crippen LogP contribution in [0.2, 0.25) is 0 Å². The van der Waals surface area contributed by atoms with Crippen molar-refractivity contribution in [2.45, 2.75) is 0 Å². The largest absolute Gasteiger partial charge is 0 e. The second-order valence-corrected chi connectivity index (χ2v) is 0. The van der Waals surface area contributed by atoms with Crippen LogP contribution < -0.4 is 0 Å². The molecule has 0 unspecified atom stereocenters. The maximum atomic E-state index is 0. The van der Waals surface area contributed by atoms with E-state index < -0.39 is 0 Å². The summed E-state index contributed by atoms with van der Waals surface area (Å²) in [4.78, 5) is 0. The quantitative estimate of drug-likeness (QED) is 0.465. The van der Waals surface area contributed by atoms with Crippen LogP contribution in [0.4, 0.5) is 0 Å². The van der Waals surface area contributed by atoms with Crippen LogP contribution in [-0.2, 0) is 49.5 Å². The van der Waals surface area contributed by atoms with Crippen LogP contribution in [-0.4, -0.2) is 48.9 Å². The Labute approximate surface area is 136 Å². The van der Waals surface area contributed by atoms with E-state index in [9.17, 15) is 0 Å². The fourth-order valence-corrected chi connectivity index (χ4v) is 0. The average Bonchev–Trinajstić information content (AvgIpc) is 0. The molecule has 0 aromatic heterocycles. The summed E-state index contributed by atoms with van der Waals surface area (Å²) in [6.45, 7) is 0. The van der Waals surface area contributed by atoms with Crippen LogP contribution in [0, 0.1) is 41.7 Å². The van der Waals surface area contributed by atoms with E-state index in [0.717, 1.165) is 0 Å². The molecule has 0 N–H and O–H groups in total. The molecule has 4 heteroatoms. The molecule has 0 rings (SSSR count). The summed E-state index contributed by atoms with van der Waals surface area (Å²) in [6.07, 6.45) is 0. The molecule has 4 heavy (non-hydrogen) atoms. The molecule has 0 heterocycles. The number of hydrogen-bond donors (Lipinski definition) is 0. The van der Waals surface area contributed by atoms with Crippen LogP contribution in [0.3, 0.4) is 0 Å². The standard InChI is InChI=1S/Ba.Ce.Co.Y. The first-order valence-corrected chi connectivity index (χ1v) is 0. The zero-order valence-corrected chi connectivity index (χ0v) is 13.6. The van der Waals surface area contributed by atoms with Crippen LogP contribution >= 0.6 is 0 Å². The minimum absolute atomic E-state index is 0. The summed E-state index contributed by atoms with van der Waals surface area (Å²) < 4.78 is 0. The monoisotopic (exact) mass is 426 g/mol. The Morgan fingerprint density at radius 1 is 1.00 bits per heavy atom. The zero-order valence-electron chi connectivity index (χ0n) is 2.12. The molecule has 0 saturated carbocycles. The first kappa shape index (κ1) is 23.5. The van der Waals surface area contributed by atoms with E-state index in [-0.39, 0.29) is 140 Å². The van der Waals surface area contributed by atoms with E-state index in [2.05, 4.69) is 0 Å². The van der Waals surface area contributed by atoms with Gasteiger partial charge in [0.05, 0.1) is 0 Å². The van der Waals surface area contributed by atoms with E-state index in [0.29, 0.717) is 0 Å². The van der Waals surface area contributed by atoms with Crippen molar-refractivity contribution in [2.75, 3.05) is 0 Å². The Balaban J connectivity index is 0. The van der Waals surface area contributed by atoms with Crippen molar-refractivity contribution >= 4 is 48.9 Å². The van der Waals surface area contributed by atoms with E-state index >= 15 is 0 Å². The van der Waals surface area contributed by atoms with Gasteiger partial charge in [-0.25, -0.2) is 0 Å². The molecule has 0 bridgehead atoms. The van der Waals surface area contributed by atoms with Crippen molar-refractivity contribution < 1.29 is 91.2 Å². The molecular formula is BaCeCoY. The predicted octanol–water partition coefficient (Wildman–Crippen LogP) is -0.386. The van der Waals surface area contributed by atoms with Crippen molar-refractivity contribution in [3.8, 4) is 0 Å². The summed E-state index contributed by atoms with van der Waals surface area (Å²) in [5, 5.41) is 0. The Kier molecular flexibility index (Phi) is 92.0. The van der Waals surface area contributed by atoms with Crippen molar-refractivity contribution in [3.63, 3.8) is 0 Å². The third-order valence-electron chi connectivity index (χ3n) is 0. The van der Waals surface area contributed by atoms with Gasteiger partial charge in [-0.2, -0.15) is 0 Å². The first-order chi connectivity index (χ1) is 0.